The minimum absolute atomic E-state index is 0.151. The molecule has 2 aromatic rings. The lowest BCUT2D eigenvalue weighted by molar-refractivity contribution is 0.0987. The van der Waals surface area contributed by atoms with Crippen molar-refractivity contribution in [3.63, 3.8) is 0 Å². The highest BCUT2D eigenvalue weighted by Gasteiger charge is 2.03. The van der Waals surface area contributed by atoms with E-state index in [1.165, 1.54) is 0 Å². The zero-order valence-corrected chi connectivity index (χ0v) is 10.2. The van der Waals surface area contributed by atoms with Crippen molar-refractivity contribution in [2.75, 3.05) is 0 Å². The summed E-state index contributed by atoms with van der Waals surface area (Å²) in [7, 11) is 0. The van der Waals surface area contributed by atoms with Gasteiger partial charge in [-0.3, -0.25) is 9.59 Å². The molecule has 2 aromatic carbocycles. The summed E-state index contributed by atoms with van der Waals surface area (Å²) in [5.41, 5.74) is 3.48. The molecule has 0 spiro atoms. The Morgan fingerprint density at radius 2 is 1.44 bits per heavy atom. The maximum Gasteiger partial charge on any atom is 0.162 e. The summed E-state index contributed by atoms with van der Waals surface area (Å²) in [5, 5.41) is 0. The molecule has 2 heteroatoms. The number of aldehydes is 1. The summed E-state index contributed by atoms with van der Waals surface area (Å²) in [4.78, 5) is 22.1. The zero-order valence-electron chi connectivity index (χ0n) is 10.2. The fraction of sp³-hybridized carbons (Fsp3) is 0.125. The molecule has 0 amide bonds. The van der Waals surface area contributed by atoms with Gasteiger partial charge in [0.1, 0.15) is 6.29 Å². The van der Waals surface area contributed by atoms with Crippen LogP contribution in [0.25, 0.3) is 11.1 Å². The summed E-state index contributed by atoms with van der Waals surface area (Å²) in [6, 6.07) is 14.9. The van der Waals surface area contributed by atoms with Crippen LogP contribution in [0, 0.1) is 0 Å². The number of hydrogen-bond acceptors (Lipinski definition) is 2. The van der Waals surface area contributed by atoms with E-state index in [1.54, 1.807) is 12.1 Å². The molecule has 0 N–H and O–H groups in total. The Hall–Kier alpha value is -2.22. The Morgan fingerprint density at radius 3 is 1.89 bits per heavy atom. The van der Waals surface area contributed by atoms with Crippen LogP contribution in [-0.2, 0) is 0 Å². The molecule has 18 heavy (non-hydrogen) atoms. The first-order chi connectivity index (χ1) is 8.74. The van der Waals surface area contributed by atoms with E-state index in [0.717, 1.165) is 23.0 Å². The normalized spacial score (nSPS) is 10.1. The van der Waals surface area contributed by atoms with Gasteiger partial charge in [0.25, 0.3) is 0 Å². The molecule has 0 aliphatic carbocycles. The number of ketones is 1. The zero-order chi connectivity index (χ0) is 13.0. The van der Waals surface area contributed by atoms with Gasteiger partial charge in [-0.2, -0.15) is 0 Å². The quantitative estimate of drug-likeness (QED) is 0.600. The highest BCUT2D eigenvalue weighted by molar-refractivity contribution is 5.96. The molecule has 0 atom stereocenters. The van der Waals surface area contributed by atoms with Crippen LogP contribution < -0.4 is 0 Å². The van der Waals surface area contributed by atoms with Gasteiger partial charge in [-0.15, -0.1) is 0 Å². The third-order valence-electron chi connectivity index (χ3n) is 2.91. The molecule has 2 rings (SSSR count). The molecule has 2 nitrogen and oxygen atoms in total. The van der Waals surface area contributed by atoms with Gasteiger partial charge < -0.3 is 0 Å². The van der Waals surface area contributed by atoms with Crippen molar-refractivity contribution >= 4 is 12.1 Å². The summed E-state index contributed by atoms with van der Waals surface area (Å²) < 4.78 is 0. The van der Waals surface area contributed by atoms with Crippen molar-refractivity contribution in [2.45, 2.75) is 13.3 Å². The second kappa shape index (κ2) is 5.41. The standard InChI is InChI=1S/C16H14O2/c1-2-16(18)15-9-7-14(8-10-15)13-5-3-12(11-17)4-6-13/h3-11H,2H2,1H3. The SMILES string of the molecule is CCC(=O)c1ccc(-c2ccc(C=O)cc2)cc1. The second-order valence-corrected chi connectivity index (χ2v) is 4.09. The van der Waals surface area contributed by atoms with E-state index in [9.17, 15) is 9.59 Å². The van der Waals surface area contributed by atoms with E-state index in [1.807, 2.05) is 43.3 Å². The molecule has 0 heterocycles. The van der Waals surface area contributed by atoms with E-state index < -0.39 is 0 Å². The smallest absolute Gasteiger partial charge is 0.162 e. The lowest BCUT2D eigenvalue weighted by atomic mass is 10.0. The van der Waals surface area contributed by atoms with Crippen LogP contribution in [-0.4, -0.2) is 12.1 Å². The van der Waals surface area contributed by atoms with Crippen LogP contribution >= 0.6 is 0 Å². The third-order valence-corrected chi connectivity index (χ3v) is 2.91. The fourth-order valence-electron chi connectivity index (χ4n) is 1.81. The van der Waals surface area contributed by atoms with Crippen molar-refractivity contribution < 1.29 is 9.59 Å². The Morgan fingerprint density at radius 1 is 0.944 bits per heavy atom. The molecular formula is C16H14O2. The molecule has 0 radical (unpaired) electrons. The van der Waals surface area contributed by atoms with E-state index in [4.69, 9.17) is 0 Å². The molecule has 0 fully saturated rings. The Balaban J connectivity index is 2.28. The van der Waals surface area contributed by atoms with Crippen LogP contribution in [0.1, 0.15) is 34.1 Å². The van der Waals surface area contributed by atoms with Gasteiger partial charge in [0.2, 0.25) is 0 Å². The largest absolute Gasteiger partial charge is 0.298 e. The Bertz CT molecular complexity index is 551. The van der Waals surface area contributed by atoms with Crippen LogP contribution in [0.3, 0.4) is 0 Å². The van der Waals surface area contributed by atoms with Crippen molar-refractivity contribution in [1.82, 2.24) is 0 Å². The highest BCUT2D eigenvalue weighted by Crippen LogP contribution is 2.20. The molecule has 0 saturated heterocycles. The van der Waals surface area contributed by atoms with Gasteiger partial charge in [0, 0.05) is 17.5 Å². The van der Waals surface area contributed by atoms with Crippen LogP contribution in [0.4, 0.5) is 0 Å². The first kappa shape index (κ1) is 12.2. The maximum absolute atomic E-state index is 11.5. The summed E-state index contributed by atoms with van der Waals surface area (Å²) >= 11 is 0. The monoisotopic (exact) mass is 238 g/mol. The van der Waals surface area contributed by atoms with Crippen molar-refractivity contribution in [1.29, 1.82) is 0 Å². The topological polar surface area (TPSA) is 34.1 Å². The van der Waals surface area contributed by atoms with Gasteiger partial charge >= 0.3 is 0 Å². The van der Waals surface area contributed by atoms with Crippen LogP contribution in [0.5, 0.6) is 0 Å². The number of benzene rings is 2. The first-order valence-electron chi connectivity index (χ1n) is 5.93. The van der Waals surface area contributed by atoms with Gasteiger partial charge in [-0.05, 0) is 11.1 Å². The lowest BCUT2D eigenvalue weighted by Crippen LogP contribution is -1.95. The minimum Gasteiger partial charge on any atom is -0.298 e. The molecule has 0 aliphatic heterocycles. The average Bonchev–Trinajstić information content (AvgIpc) is 2.47. The summed E-state index contributed by atoms with van der Waals surface area (Å²) in [6.07, 6.45) is 1.35. The minimum atomic E-state index is 0.151. The second-order valence-electron chi connectivity index (χ2n) is 4.09. The van der Waals surface area contributed by atoms with Gasteiger partial charge in [0.05, 0.1) is 0 Å². The number of rotatable bonds is 4. The van der Waals surface area contributed by atoms with E-state index in [-0.39, 0.29) is 5.78 Å². The molecule has 0 aliphatic rings. The predicted molar refractivity (Wildman–Crippen MR) is 71.9 cm³/mol. The molecule has 0 aromatic heterocycles. The van der Waals surface area contributed by atoms with Crippen LogP contribution in [0.15, 0.2) is 48.5 Å². The van der Waals surface area contributed by atoms with Gasteiger partial charge in [0.15, 0.2) is 5.78 Å². The van der Waals surface area contributed by atoms with Crippen molar-refractivity contribution in [3.05, 3.63) is 59.7 Å². The predicted octanol–water partition coefficient (Wildman–Crippen LogP) is 3.76. The number of Topliss-reactive ketones (excluding diaryl/α,β-unsaturated/α-hetero) is 1. The molecular weight excluding hydrogens is 224 g/mol. The van der Waals surface area contributed by atoms with Gasteiger partial charge in [-0.1, -0.05) is 55.5 Å². The number of carbonyl (C=O) groups excluding carboxylic acids is 2. The molecule has 90 valence electrons. The highest BCUT2D eigenvalue weighted by atomic mass is 16.1. The van der Waals surface area contributed by atoms with Crippen LogP contribution in [0.2, 0.25) is 0 Å². The van der Waals surface area contributed by atoms with E-state index >= 15 is 0 Å². The molecule has 0 saturated carbocycles. The van der Waals surface area contributed by atoms with Crippen molar-refractivity contribution in [2.24, 2.45) is 0 Å². The third kappa shape index (κ3) is 2.54. The summed E-state index contributed by atoms with van der Waals surface area (Å²) in [5.74, 6) is 0.151. The average molecular weight is 238 g/mol. The summed E-state index contributed by atoms with van der Waals surface area (Å²) in [6.45, 7) is 1.86. The maximum atomic E-state index is 11.5. The Labute approximate surface area is 106 Å². The van der Waals surface area contributed by atoms with Gasteiger partial charge in [-0.25, -0.2) is 0 Å². The number of carbonyl (C=O) groups is 2. The molecule has 0 unspecified atom stereocenters. The first-order valence-corrected chi connectivity index (χ1v) is 5.93. The fourth-order valence-corrected chi connectivity index (χ4v) is 1.81. The van der Waals surface area contributed by atoms with E-state index in [2.05, 4.69) is 0 Å². The van der Waals surface area contributed by atoms with E-state index in [0.29, 0.717) is 12.0 Å². The lowest BCUT2D eigenvalue weighted by Gasteiger charge is -2.03. The Kier molecular flexibility index (Phi) is 3.68. The number of hydrogen-bond donors (Lipinski definition) is 0. The molecule has 0 bridgehead atoms. The van der Waals surface area contributed by atoms with Crippen molar-refractivity contribution in [3.8, 4) is 11.1 Å².